The van der Waals surface area contributed by atoms with Crippen molar-refractivity contribution >= 4 is 58.9 Å². The number of esters is 2. The largest absolute Gasteiger partial charge is 0.478 e. The quantitative estimate of drug-likeness (QED) is 0.0580. The fraction of sp³-hybridized carbons (Fsp3) is 0.542. The maximum absolute atomic E-state index is 11.3. The van der Waals surface area contributed by atoms with E-state index >= 15 is 0 Å². The SMILES string of the molecule is C.CC(=O)c1cc(C(=O)O)c(C(C)=O)cc1C(=O)O.CC(=O)c1cc(C(C)=O)c(C(=O)O)cc1C(=O)O.CCC(C)(C)C(=O)OC.CCC(COC)OC.CCCCOC(=O)C(C)(C)CC. The van der Waals surface area contributed by atoms with E-state index in [1.807, 2.05) is 41.5 Å². The standard InChI is InChI=1S/2C12H10O6.C10H20O2.C7H14O2.C6H14O2.CH4/c1-5(13)7-3-10(12(17)18)8(6(2)14)4-9(7)11(15)16;1-5(13)7-3-8(6(2)14)10(12(17)18)4-9(7)11(15)16;1-5-7-8-12-9(11)10(3,4)6-2;1-5-7(2,3)6(8)9-4;1-4-6(8-3)5-7-2;/h2*3-4H,1-2H3,(H,15,16)(H,17,18);5-8H2,1-4H3;5H2,1-4H3;6H,4-5H2,1-3H3;1H4. The minimum absolute atomic E-state index is 0. The summed E-state index contributed by atoms with van der Waals surface area (Å²) in [5, 5.41) is 35.7. The molecule has 2 aromatic rings. The lowest BCUT2D eigenvalue weighted by Gasteiger charge is -2.19. The number of methoxy groups -OCH3 is 3. The Labute approximate surface area is 388 Å². The Morgan fingerprint density at radius 3 is 0.985 bits per heavy atom. The van der Waals surface area contributed by atoms with E-state index in [0.717, 1.165) is 84.1 Å². The zero-order chi connectivity index (χ0) is 51.6. The van der Waals surface area contributed by atoms with Gasteiger partial charge in [-0.25, -0.2) is 19.2 Å². The molecule has 18 heteroatoms. The Balaban J connectivity index is -0.000000377. The molecule has 0 spiro atoms. The average molecular weight is 937 g/mol. The lowest BCUT2D eigenvalue weighted by atomic mass is 9.91. The second-order valence-electron chi connectivity index (χ2n) is 15.5. The van der Waals surface area contributed by atoms with Crippen LogP contribution in [0.25, 0.3) is 0 Å². The molecular weight excluding hydrogens is 865 g/mol. The van der Waals surface area contributed by atoms with Crippen LogP contribution in [0.1, 0.15) is 205 Å². The van der Waals surface area contributed by atoms with Crippen molar-refractivity contribution in [3.8, 4) is 0 Å². The number of benzene rings is 2. The van der Waals surface area contributed by atoms with Crippen molar-refractivity contribution in [2.75, 3.05) is 34.5 Å². The van der Waals surface area contributed by atoms with Crippen LogP contribution in [0.5, 0.6) is 0 Å². The summed E-state index contributed by atoms with van der Waals surface area (Å²) in [4.78, 5) is 111. The van der Waals surface area contributed by atoms with E-state index in [4.69, 9.17) is 34.6 Å². The molecule has 2 aromatic carbocycles. The fourth-order valence-electron chi connectivity index (χ4n) is 4.68. The predicted molar refractivity (Wildman–Crippen MR) is 246 cm³/mol. The summed E-state index contributed by atoms with van der Waals surface area (Å²) in [6.07, 6.45) is 4.98. The third kappa shape index (κ3) is 23.2. The fourth-order valence-corrected chi connectivity index (χ4v) is 4.68. The molecule has 0 aliphatic rings. The van der Waals surface area contributed by atoms with Crippen LogP contribution in [0.2, 0.25) is 0 Å². The second-order valence-corrected chi connectivity index (χ2v) is 15.5. The van der Waals surface area contributed by atoms with Gasteiger partial charge >= 0.3 is 35.8 Å². The first-order chi connectivity index (χ1) is 29.9. The Kier molecular flexibility index (Phi) is 32.7. The molecule has 0 fully saturated rings. The molecule has 0 heterocycles. The molecule has 372 valence electrons. The van der Waals surface area contributed by atoms with Crippen LogP contribution in [-0.2, 0) is 28.5 Å². The van der Waals surface area contributed by atoms with Gasteiger partial charge in [-0.3, -0.25) is 28.8 Å². The first-order valence-electron chi connectivity index (χ1n) is 20.5. The first-order valence-corrected chi connectivity index (χ1v) is 20.5. The zero-order valence-corrected chi connectivity index (χ0v) is 40.3. The minimum atomic E-state index is -1.42. The third-order valence-electron chi connectivity index (χ3n) is 9.68. The van der Waals surface area contributed by atoms with Gasteiger partial charge in [0.25, 0.3) is 0 Å². The van der Waals surface area contributed by atoms with Crippen molar-refractivity contribution in [2.24, 2.45) is 10.8 Å². The highest BCUT2D eigenvalue weighted by molar-refractivity contribution is 6.13. The van der Waals surface area contributed by atoms with Crippen molar-refractivity contribution in [3.63, 3.8) is 0 Å². The number of Topliss-reactive ketones (excluding diaryl/α,β-unsaturated/α-hetero) is 4. The number of carboxylic acid groups (broad SMARTS) is 4. The van der Waals surface area contributed by atoms with Crippen LogP contribution in [0.3, 0.4) is 0 Å². The van der Waals surface area contributed by atoms with E-state index in [2.05, 4.69) is 18.6 Å². The van der Waals surface area contributed by atoms with Crippen molar-refractivity contribution < 1.29 is 87.3 Å². The molecule has 18 nitrogen and oxygen atoms in total. The number of ketones is 4. The van der Waals surface area contributed by atoms with E-state index in [1.54, 1.807) is 14.2 Å². The highest BCUT2D eigenvalue weighted by Crippen LogP contribution is 2.23. The molecule has 0 saturated heterocycles. The minimum Gasteiger partial charge on any atom is -0.478 e. The van der Waals surface area contributed by atoms with Gasteiger partial charge in [0, 0.05) is 36.5 Å². The van der Waals surface area contributed by atoms with Crippen LogP contribution in [0, 0.1) is 10.8 Å². The Hall–Kier alpha value is -6.14. The number of carboxylic acids is 4. The highest BCUT2D eigenvalue weighted by atomic mass is 16.5. The summed E-state index contributed by atoms with van der Waals surface area (Å²) >= 11 is 0. The van der Waals surface area contributed by atoms with E-state index < -0.39 is 58.1 Å². The molecule has 0 aliphatic carbocycles. The van der Waals surface area contributed by atoms with Gasteiger partial charge in [0.15, 0.2) is 23.1 Å². The number of aromatic carboxylic acids is 4. The molecule has 0 bridgehead atoms. The smallest absolute Gasteiger partial charge is 0.336 e. The van der Waals surface area contributed by atoms with E-state index in [-0.39, 0.29) is 69.7 Å². The van der Waals surface area contributed by atoms with Crippen LogP contribution < -0.4 is 0 Å². The number of hydrogen-bond acceptors (Lipinski definition) is 14. The Bertz CT molecular complexity index is 1690. The summed E-state index contributed by atoms with van der Waals surface area (Å²) in [7, 11) is 4.80. The Morgan fingerprint density at radius 1 is 0.515 bits per heavy atom. The number of unbranched alkanes of at least 4 members (excludes halogenated alkanes) is 1. The summed E-state index contributed by atoms with van der Waals surface area (Å²) < 4.78 is 19.5. The molecule has 66 heavy (non-hydrogen) atoms. The van der Waals surface area contributed by atoms with Gasteiger partial charge in [0.1, 0.15) is 0 Å². The monoisotopic (exact) mass is 936 g/mol. The van der Waals surface area contributed by atoms with Crippen LogP contribution in [-0.4, -0.2) is 120 Å². The van der Waals surface area contributed by atoms with Gasteiger partial charge in [-0.05, 0) is 105 Å². The van der Waals surface area contributed by atoms with Crippen molar-refractivity contribution in [1.29, 1.82) is 0 Å². The van der Waals surface area contributed by atoms with Crippen LogP contribution >= 0.6 is 0 Å². The van der Waals surface area contributed by atoms with Crippen molar-refractivity contribution in [2.45, 2.75) is 129 Å². The summed E-state index contributed by atoms with van der Waals surface area (Å²) in [5.41, 5.74) is -3.06. The zero-order valence-electron chi connectivity index (χ0n) is 40.3. The lowest BCUT2D eigenvalue weighted by Crippen LogP contribution is -2.26. The van der Waals surface area contributed by atoms with Crippen LogP contribution in [0.15, 0.2) is 24.3 Å². The maximum atomic E-state index is 11.3. The lowest BCUT2D eigenvalue weighted by molar-refractivity contribution is -0.154. The van der Waals surface area contributed by atoms with E-state index in [0.29, 0.717) is 13.2 Å². The highest BCUT2D eigenvalue weighted by Gasteiger charge is 2.27. The number of carbonyl (C=O) groups excluding carboxylic acids is 6. The number of carbonyl (C=O) groups is 10. The van der Waals surface area contributed by atoms with Gasteiger partial charge in [0.05, 0.1) is 59.5 Å². The molecule has 1 unspecified atom stereocenters. The number of hydrogen-bond donors (Lipinski definition) is 4. The maximum Gasteiger partial charge on any atom is 0.336 e. The van der Waals surface area contributed by atoms with Gasteiger partial charge in [0.2, 0.25) is 0 Å². The summed E-state index contributed by atoms with van der Waals surface area (Å²) in [6, 6.07) is 3.69. The first kappa shape index (κ1) is 66.5. The van der Waals surface area contributed by atoms with E-state index in [9.17, 15) is 47.9 Å². The predicted octanol–water partition coefficient (Wildman–Crippen LogP) is 9.03. The molecule has 4 N–H and O–H groups in total. The molecular formula is C48H72O18. The van der Waals surface area contributed by atoms with Crippen molar-refractivity contribution in [3.05, 3.63) is 68.8 Å². The van der Waals surface area contributed by atoms with Gasteiger partial charge in [-0.2, -0.15) is 0 Å². The third-order valence-corrected chi connectivity index (χ3v) is 9.68. The normalized spacial score (nSPS) is 10.7. The molecule has 0 amide bonds. The van der Waals surface area contributed by atoms with Gasteiger partial charge < -0.3 is 39.4 Å². The second kappa shape index (κ2) is 32.5. The van der Waals surface area contributed by atoms with Crippen molar-refractivity contribution in [1.82, 2.24) is 0 Å². The summed E-state index contributed by atoms with van der Waals surface area (Å²) in [5.74, 6) is -8.08. The molecule has 2 rings (SSSR count). The van der Waals surface area contributed by atoms with E-state index in [1.165, 1.54) is 7.11 Å². The Morgan fingerprint density at radius 2 is 0.803 bits per heavy atom. The van der Waals surface area contributed by atoms with Gasteiger partial charge in [-0.15, -0.1) is 0 Å². The molecule has 0 aromatic heterocycles. The van der Waals surface area contributed by atoms with Gasteiger partial charge in [-0.1, -0.05) is 41.5 Å². The number of rotatable bonds is 19. The summed E-state index contributed by atoms with van der Waals surface area (Å²) in [6.45, 7) is 21.5. The van der Waals surface area contributed by atoms with Crippen LogP contribution in [0.4, 0.5) is 0 Å². The average Bonchev–Trinajstić information content (AvgIpc) is 3.24. The molecule has 0 saturated carbocycles. The number of ether oxygens (including phenoxy) is 4. The molecule has 0 radical (unpaired) electrons. The topological polar surface area (TPSA) is 289 Å². The molecule has 1 atom stereocenters. The molecule has 0 aliphatic heterocycles.